The number of Topliss-reactive ketones (excluding diaryl/α,β-unsaturated/α-hetero) is 2. The predicted octanol–water partition coefficient (Wildman–Crippen LogP) is 0.967. The molecule has 2 bridgehead atoms. The maximum Gasteiger partial charge on any atom is 0.144 e. The van der Waals surface area contributed by atoms with Gasteiger partial charge in [0.15, 0.2) is 0 Å². The van der Waals surface area contributed by atoms with E-state index in [1.54, 1.807) is 0 Å². The van der Waals surface area contributed by atoms with Crippen LogP contribution in [0.15, 0.2) is 12.2 Å². The summed E-state index contributed by atoms with van der Waals surface area (Å²) in [6.07, 6.45) is 5.52. The summed E-state index contributed by atoms with van der Waals surface area (Å²) in [5.41, 5.74) is 0. The molecule has 2 fully saturated rings. The molecule has 12 heavy (non-hydrogen) atoms. The van der Waals surface area contributed by atoms with E-state index in [4.69, 9.17) is 0 Å². The van der Waals surface area contributed by atoms with Crippen LogP contribution in [0.5, 0.6) is 0 Å². The lowest BCUT2D eigenvalue weighted by molar-refractivity contribution is -0.123. The van der Waals surface area contributed by atoms with Gasteiger partial charge in [0.05, 0.1) is 6.42 Å². The van der Waals surface area contributed by atoms with E-state index in [1.807, 2.05) is 0 Å². The van der Waals surface area contributed by atoms with Gasteiger partial charge in [-0.2, -0.15) is 0 Å². The largest absolute Gasteiger partial charge is 0.299 e. The van der Waals surface area contributed by atoms with Gasteiger partial charge in [0.25, 0.3) is 0 Å². The van der Waals surface area contributed by atoms with Crippen LogP contribution >= 0.6 is 0 Å². The van der Waals surface area contributed by atoms with Gasteiger partial charge in [-0.25, -0.2) is 0 Å². The molecule has 0 N–H and O–H groups in total. The van der Waals surface area contributed by atoms with Crippen molar-refractivity contribution in [2.24, 2.45) is 23.7 Å². The fraction of sp³-hybridized carbons (Fsp3) is 0.600. The van der Waals surface area contributed by atoms with Gasteiger partial charge in [-0.3, -0.25) is 9.59 Å². The lowest BCUT2D eigenvalue weighted by Gasteiger charge is -2.16. The molecule has 2 nitrogen and oxygen atoms in total. The van der Waals surface area contributed by atoms with Crippen molar-refractivity contribution in [3.63, 3.8) is 0 Å². The molecular formula is C10H10O2. The van der Waals surface area contributed by atoms with Crippen LogP contribution in [0.3, 0.4) is 0 Å². The van der Waals surface area contributed by atoms with Gasteiger partial charge in [0.2, 0.25) is 0 Å². The Hall–Kier alpha value is -0.920. The summed E-state index contributed by atoms with van der Waals surface area (Å²) in [6, 6.07) is 0. The fourth-order valence-electron chi connectivity index (χ4n) is 3.11. The molecule has 3 aliphatic rings. The van der Waals surface area contributed by atoms with Crippen molar-refractivity contribution in [1.82, 2.24) is 0 Å². The number of carbonyl (C=O) groups excluding carboxylic acids is 2. The third-order valence-corrected chi connectivity index (χ3v) is 3.55. The van der Waals surface area contributed by atoms with Crippen molar-refractivity contribution >= 4 is 11.6 Å². The van der Waals surface area contributed by atoms with Gasteiger partial charge in [0.1, 0.15) is 11.6 Å². The zero-order valence-electron chi connectivity index (χ0n) is 6.69. The van der Waals surface area contributed by atoms with Crippen LogP contribution in [0.4, 0.5) is 0 Å². The highest BCUT2D eigenvalue weighted by Crippen LogP contribution is 2.52. The van der Waals surface area contributed by atoms with E-state index in [0.29, 0.717) is 11.8 Å². The molecule has 0 aromatic carbocycles. The highest BCUT2D eigenvalue weighted by Gasteiger charge is 2.55. The van der Waals surface area contributed by atoms with Crippen molar-refractivity contribution < 1.29 is 9.59 Å². The third-order valence-electron chi connectivity index (χ3n) is 3.55. The molecule has 2 heteroatoms. The molecule has 0 unspecified atom stereocenters. The van der Waals surface area contributed by atoms with Gasteiger partial charge in [-0.1, -0.05) is 12.2 Å². The summed E-state index contributed by atoms with van der Waals surface area (Å²) in [6.45, 7) is 0. The van der Waals surface area contributed by atoms with Crippen molar-refractivity contribution in [3.05, 3.63) is 12.2 Å². The topological polar surface area (TPSA) is 34.1 Å². The minimum absolute atomic E-state index is 0.0764. The first-order valence-electron chi connectivity index (χ1n) is 4.51. The zero-order valence-corrected chi connectivity index (χ0v) is 6.69. The van der Waals surface area contributed by atoms with E-state index in [9.17, 15) is 9.59 Å². The second-order valence-electron chi connectivity index (χ2n) is 4.11. The van der Waals surface area contributed by atoms with Crippen LogP contribution in [-0.4, -0.2) is 11.6 Å². The highest BCUT2D eigenvalue weighted by molar-refractivity contribution is 6.09. The molecular weight excluding hydrogens is 152 g/mol. The third kappa shape index (κ3) is 0.576. The molecule has 3 aliphatic carbocycles. The minimum Gasteiger partial charge on any atom is -0.299 e. The SMILES string of the molecule is O=C1CC(=O)[C@H]2[C@H]1[C@H]1C=C[C@H]2C1. The Balaban J connectivity index is 2.08. The average molecular weight is 162 g/mol. The Morgan fingerprint density at radius 1 is 1.00 bits per heavy atom. The van der Waals surface area contributed by atoms with Gasteiger partial charge in [-0.15, -0.1) is 0 Å². The normalized spacial score (nSPS) is 49.0. The first-order valence-corrected chi connectivity index (χ1v) is 4.51. The van der Waals surface area contributed by atoms with Crippen LogP contribution in [0.25, 0.3) is 0 Å². The Kier molecular flexibility index (Phi) is 1.03. The van der Waals surface area contributed by atoms with Gasteiger partial charge >= 0.3 is 0 Å². The van der Waals surface area contributed by atoms with E-state index in [2.05, 4.69) is 12.2 Å². The standard InChI is InChI=1S/C10H10O2/c11-7-4-8(12)10-6-2-1-5(3-6)9(7)10/h1-2,5-6,9-10H,3-4H2/t5-,6-,9-,10-/m0/s1. The Morgan fingerprint density at radius 3 is 2.00 bits per heavy atom. The summed E-state index contributed by atoms with van der Waals surface area (Å²) in [5.74, 6) is 1.35. The molecule has 0 aromatic heterocycles. The highest BCUT2D eigenvalue weighted by atomic mass is 16.2. The Bertz CT molecular complexity index is 275. The Labute approximate surface area is 70.6 Å². The number of ketones is 2. The first kappa shape index (κ1) is 6.58. The molecule has 2 saturated carbocycles. The van der Waals surface area contributed by atoms with Crippen molar-refractivity contribution in [1.29, 1.82) is 0 Å². The number of hydrogen-bond acceptors (Lipinski definition) is 2. The molecule has 0 saturated heterocycles. The molecule has 4 atom stereocenters. The lowest BCUT2D eigenvalue weighted by Crippen LogP contribution is -2.21. The average Bonchev–Trinajstić information content (AvgIpc) is 2.64. The summed E-state index contributed by atoms with van der Waals surface area (Å²) < 4.78 is 0. The van der Waals surface area contributed by atoms with E-state index >= 15 is 0 Å². The van der Waals surface area contributed by atoms with Crippen LogP contribution in [0.1, 0.15) is 12.8 Å². The van der Waals surface area contributed by atoms with Crippen molar-refractivity contribution in [2.45, 2.75) is 12.8 Å². The number of allylic oxidation sites excluding steroid dienone is 2. The van der Waals surface area contributed by atoms with Gasteiger partial charge in [-0.05, 0) is 18.3 Å². The second-order valence-corrected chi connectivity index (χ2v) is 4.11. The molecule has 0 heterocycles. The summed E-state index contributed by atoms with van der Waals surface area (Å²) in [5, 5.41) is 0. The van der Waals surface area contributed by atoms with Crippen LogP contribution in [-0.2, 0) is 9.59 Å². The zero-order chi connectivity index (χ0) is 8.29. The molecule has 0 aliphatic heterocycles. The summed E-state index contributed by atoms with van der Waals surface area (Å²) in [7, 11) is 0. The first-order chi connectivity index (χ1) is 5.77. The molecule has 3 rings (SSSR count). The smallest absolute Gasteiger partial charge is 0.144 e. The van der Waals surface area contributed by atoms with Crippen LogP contribution in [0, 0.1) is 23.7 Å². The van der Waals surface area contributed by atoms with Gasteiger partial charge < -0.3 is 0 Å². The van der Waals surface area contributed by atoms with E-state index in [0.717, 1.165) is 6.42 Å². The molecule has 0 aromatic rings. The van der Waals surface area contributed by atoms with Crippen molar-refractivity contribution in [3.8, 4) is 0 Å². The quantitative estimate of drug-likeness (QED) is 0.393. The van der Waals surface area contributed by atoms with Crippen LogP contribution in [0.2, 0.25) is 0 Å². The number of carbonyl (C=O) groups is 2. The molecule has 0 amide bonds. The summed E-state index contributed by atoms with van der Waals surface area (Å²) in [4.78, 5) is 22.8. The van der Waals surface area contributed by atoms with E-state index in [-0.39, 0.29) is 29.8 Å². The maximum atomic E-state index is 11.4. The maximum absolute atomic E-state index is 11.4. The van der Waals surface area contributed by atoms with Gasteiger partial charge in [0, 0.05) is 11.8 Å². The number of fused-ring (bicyclic) bond motifs is 5. The van der Waals surface area contributed by atoms with Crippen LogP contribution < -0.4 is 0 Å². The fourth-order valence-corrected chi connectivity index (χ4v) is 3.11. The van der Waals surface area contributed by atoms with Crippen molar-refractivity contribution in [2.75, 3.05) is 0 Å². The monoisotopic (exact) mass is 162 g/mol. The predicted molar refractivity (Wildman–Crippen MR) is 42.3 cm³/mol. The Morgan fingerprint density at radius 2 is 1.50 bits per heavy atom. The summed E-state index contributed by atoms with van der Waals surface area (Å²) >= 11 is 0. The second kappa shape index (κ2) is 1.87. The van der Waals surface area contributed by atoms with E-state index in [1.165, 1.54) is 0 Å². The number of rotatable bonds is 0. The lowest BCUT2D eigenvalue weighted by atomic mass is 9.85. The van der Waals surface area contributed by atoms with E-state index < -0.39 is 0 Å². The number of hydrogen-bond donors (Lipinski definition) is 0. The molecule has 62 valence electrons. The molecule has 0 spiro atoms. The minimum atomic E-state index is 0.0764. The molecule has 0 radical (unpaired) electrons.